The zero-order chi connectivity index (χ0) is 17.2. The molecule has 0 radical (unpaired) electrons. The highest BCUT2D eigenvalue weighted by Crippen LogP contribution is 2.24. The summed E-state index contributed by atoms with van der Waals surface area (Å²) in [4.78, 5) is 19.3. The molecule has 1 saturated heterocycles. The number of piperidine rings is 1. The molecule has 3 heterocycles. The Kier molecular flexibility index (Phi) is 4.14. The third-order valence-electron chi connectivity index (χ3n) is 4.94. The normalized spacial score (nSPS) is 17.6. The molecular weight excluding hydrogens is 312 g/mol. The Morgan fingerprint density at radius 3 is 2.76 bits per heavy atom. The lowest BCUT2D eigenvalue weighted by molar-refractivity contribution is 0.0678. The highest BCUT2D eigenvalue weighted by atomic mass is 16.2. The number of amides is 1. The molecule has 128 valence electrons. The van der Waals surface area contributed by atoms with Crippen molar-refractivity contribution in [3.8, 4) is 5.69 Å². The number of likely N-dealkylation sites (tertiary alicyclic amines) is 1. The van der Waals surface area contributed by atoms with Crippen molar-refractivity contribution in [3.05, 3.63) is 72.6 Å². The van der Waals surface area contributed by atoms with Gasteiger partial charge in [0.1, 0.15) is 5.82 Å². The third-order valence-corrected chi connectivity index (χ3v) is 4.94. The fourth-order valence-corrected chi connectivity index (χ4v) is 3.63. The number of carbonyl (C=O) groups is 1. The lowest BCUT2D eigenvalue weighted by Crippen LogP contribution is -2.40. The molecule has 0 bridgehead atoms. The largest absolute Gasteiger partial charge is 0.337 e. The van der Waals surface area contributed by atoms with Crippen LogP contribution in [-0.4, -0.2) is 38.0 Å². The van der Waals surface area contributed by atoms with Crippen LogP contribution in [0.25, 0.3) is 5.69 Å². The van der Waals surface area contributed by atoms with E-state index in [-0.39, 0.29) is 5.91 Å². The number of benzene rings is 1. The molecule has 1 atom stereocenters. The van der Waals surface area contributed by atoms with Gasteiger partial charge in [-0.05, 0) is 50.1 Å². The van der Waals surface area contributed by atoms with Crippen LogP contribution in [0.2, 0.25) is 0 Å². The molecule has 3 aromatic rings. The molecule has 1 aromatic carbocycles. The zero-order valence-electron chi connectivity index (χ0n) is 14.4. The summed E-state index contributed by atoms with van der Waals surface area (Å²) in [5.74, 6) is 1.12. The van der Waals surface area contributed by atoms with Gasteiger partial charge in [0.05, 0.1) is 6.04 Å². The maximum Gasteiger partial charge on any atom is 0.253 e. The molecule has 0 N–H and O–H groups in total. The number of carbonyl (C=O) groups excluding carboxylic acids is 1. The van der Waals surface area contributed by atoms with Gasteiger partial charge in [-0.3, -0.25) is 4.79 Å². The Labute approximate surface area is 147 Å². The van der Waals surface area contributed by atoms with Gasteiger partial charge in [-0.1, -0.05) is 6.07 Å². The van der Waals surface area contributed by atoms with Crippen LogP contribution in [0.5, 0.6) is 0 Å². The molecule has 0 unspecified atom stereocenters. The van der Waals surface area contributed by atoms with Crippen LogP contribution < -0.4 is 0 Å². The standard InChI is InChI=1S/C20H22N4O/c1-16-21-9-13-24(16)19-8-5-12-23(15-19)20(25)17-6-4-7-18(14-17)22-10-2-3-11-22/h2-4,6-7,9-11,13-14,19H,5,8,12,15H2,1H3/t19-/m1/s1. The predicted octanol–water partition coefficient (Wildman–Crippen LogP) is 3.46. The van der Waals surface area contributed by atoms with Gasteiger partial charge in [-0.15, -0.1) is 0 Å². The number of aryl methyl sites for hydroxylation is 1. The summed E-state index contributed by atoms with van der Waals surface area (Å²) in [6.45, 7) is 3.57. The van der Waals surface area contributed by atoms with E-state index in [1.54, 1.807) is 0 Å². The number of nitrogens with zero attached hydrogens (tertiary/aromatic N) is 4. The number of imidazole rings is 1. The Morgan fingerprint density at radius 2 is 2.00 bits per heavy atom. The van der Waals surface area contributed by atoms with Gasteiger partial charge in [0.2, 0.25) is 0 Å². The summed E-state index contributed by atoms with van der Waals surface area (Å²) in [7, 11) is 0. The molecule has 1 amide bonds. The van der Waals surface area contributed by atoms with E-state index < -0.39 is 0 Å². The van der Waals surface area contributed by atoms with Gasteiger partial charge < -0.3 is 14.0 Å². The summed E-state index contributed by atoms with van der Waals surface area (Å²) in [6, 6.07) is 12.1. The molecule has 0 spiro atoms. The maximum absolute atomic E-state index is 13.0. The smallest absolute Gasteiger partial charge is 0.253 e. The summed E-state index contributed by atoms with van der Waals surface area (Å²) in [6.07, 6.45) is 9.93. The third kappa shape index (κ3) is 3.09. The van der Waals surface area contributed by atoms with Crippen LogP contribution in [0, 0.1) is 6.92 Å². The van der Waals surface area contributed by atoms with Crippen molar-refractivity contribution in [2.75, 3.05) is 13.1 Å². The molecule has 2 aromatic heterocycles. The van der Waals surface area contributed by atoms with Crippen LogP contribution in [0.4, 0.5) is 0 Å². The second kappa shape index (κ2) is 6.59. The van der Waals surface area contributed by atoms with Gasteiger partial charge >= 0.3 is 0 Å². The first-order valence-corrected chi connectivity index (χ1v) is 8.74. The Morgan fingerprint density at radius 1 is 1.16 bits per heavy atom. The minimum absolute atomic E-state index is 0.108. The quantitative estimate of drug-likeness (QED) is 0.736. The SMILES string of the molecule is Cc1nccn1[C@@H]1CCCN(C(=O)c2cccc(-n3cccc3)c2)C1. The highest BCUT2D eigenvalue weighted by molar-refractivity contribution is 5.94. The van der Waals surface area contributed by atoms with Crippen molar-refractivity contribution in [1.29, 1.82) is 0 Å². The average Bonchev–Trinajstić information content (AvgIpc) is 3.33. The Balaban J connectivity index is 1.54. The van der Waals surface area contributed by atoms with Crippen molar-refractivity contribution in [3.63, 3.8) is 0 Å². The van der Waals surface area contributed by atoms with Gasteiger partial charge in [0.15, 0.2) is 0 Å². The highest BCUT2D eigenvalue weighted by Gasteiger charge is 2.26. The summed E-state index contributed by atoms with van der Waals surface area (Å²) >= 11 is 0. The van der Waals surface area contributed by atoms with Crippen LogP contribution >= 0.6 is 0 Å². The van der Waals surface area contributed by atoms with E-state index >= 15 is 0 Å². The lowest BCUT2D eigenvalue weighted by Gasteiger charge is -2.34. The average molecular weight is 334 g/mol. The van der Waals surface area contributed by atoms with Gasteiger partial charge in [-0.2, -0.15) is 0 Å². The van der Waals surface area contributed by atoms with Gasteiger partial charge in [-0.25, -0.2) is 4.98 Å². The lowest BCUT2D eigenvalue weighted by atomic mass is 10.0. The van der Waals surface area contributed by atoms with Crippen molar-refractivity contribution in [2.45, 2.75) is 25.8 Å². The van der Waals surface area contributed by atoms with Crippen LogP contribution in [0.15, 0.2) is 61.2 Å². The number of rotatable bonds is 3. The molecule has 1 aliphatic rings. The van der Waals surface area contributed by atoms with Crippen LogP contribution in [-0.2, 0) is 0 Å². The summed E-state index contributed by atoms with van der Waals surface area (Å²) < 4.78 is 4.21. The van der Waals surface area contributed by atoms with E-state index in [1.807, 2.05) is 77.6 Å². The molecule has 0 aliphatic carbocycles. The second-order valence-corrected chi connectivity index (χ2v) is 6.57. The van der Waals surface area contributed by atoms with E-state index in [2.05, 4.69) is 9.55 Å². The molecule has 1 fully saturated rings. The van der Waals surface area contributed by atoms with Crippen LogP contribution in [0.3, 0.4) is 0 Å². The van der Waals surface area contributed by atoms with E-state index in [0.29, 0.717) is 6.04 Å². The van der Waals surface area contributed by atoms with E-state index in [9.17, 15) is 4.79 Å². The second-order valence-electron chi connectivity index (χ2n) is 6.57. The number of hydrogen-bond donors (Lipinski definition) is 0. The Bertz CT molecular complexity index is 865. The van der Waals surface area contributed by atoms with Gasteiger partial charge in [0.25, 0.3) is 5.91 Å². The van der Waals surface area contributed by atoms with E-state index in [0.717, 1.165) is 43.0 Å². The van der Waals surface area contributed by atoms with Crippen molar-refractivity contribution < 1.29 is 4.79 Å². The van der Waals surface area contributed by atoms with Crippen molar-refractivity contribution in [1.82, 2.24) is 19.0 Å². The minimum atomic E-state index is 0.108. The molecule has 5 nitrogen and oxygen atoms in total. The maximum atomic E-state index is 13.0. The van der Waals surface area contributed by atoms with Crippen molar-refractivity contribution in [2.24, 2.45) is 0 Å². The minimum Gasteiger partial charge on any atom is -0.337 e. The van der Waals surface area contributed by atoms with E-state index in [1.165, 1.54) is 0 Å². The van der Waals surface area contributed by atoms with Crippen LogP contribution in [0.1, 0.15) is 35.1 Å². The first-order valence-electron chi connectivity index (χ1n) is 8.74. The molecule has 4 rings (SSSR count). The number of aromatic nitrogens is 3. The number of hydrogen-bond acceptors (Lipinski definition) is 2. The van der Waals surface area contributed by atoms with Gasteiger partial charge in [0, 0.05) is 49.1 Å². The fraction of sp³-hybridized carbons (Fsp3) is 0.300. The van der Waals surface area contributed by atoms with Crippen molar-refractivity contribution >= 4 is 5.91 Å². The Hall–Kier alpha value is -2.82. The summed E-state index contributed by atoms with van der Waals surface area (Å²) in [5.41, 5.74) is 1.75. The van der Waals surface area contributed by atoms with E-state index in [4.69, 9.17) is 0 Å². The predicted molar refractivity (Wildman–Crippen MR) is 96.9 cm³/mol. The monoisotopic (exact) mass is 334 g/mol. The fourth-order valence-electron chi connectivity index (χ4n) is 3.63. The first kappa shape index (κ1) is 15.7. The molecule has 25 heavy (non-hydrogen) atoms. The first-order chi connectivity index (χ1) is 12.2. The zero-order valence-corrected chi connectivity index (χ0v) is 14.4. The topological polar surface area (TPSA) is 43.1 Å². The molecule has 1 aliphatic heterocycles. The molecule has 5 heteroatoms. The molecule has 0 saturated carbocycles. The summed E-state index contributed by atoms with van der Waals surface area (Å²) in [5, 5.41) is 0. The molecular formula is C20H22N4O.